The summed E-state index contributed by atoms with van der Waals surface area (Å²) < 4.78 is 8.01. The van der Waals surface area contributed by atoms with Crippen LogP contribution in [0.25, 0.3) is 0 Å². The van der Waals surface area contributed by atoms with E-state index in [2.05, 4.69) is 66.6 Å². The van der Waals surface area contributed by atoms with Gasteiger partial charge in [0.25, 0.3) is 0 Å². The topological polar surface area (TPSA) is 9.23 Å². The summed E-state index contributed by atoms with van der Waals surface area (Å²) in [6.07, 6.45) is 0.278. The molecule has 0 bridgehead atoms. The lowest BCUT2D eigenvalue weighted by molar-refractivity contribution is -0.895. The Hall–Kier alpha value is -0.900. The Morgan fingerprint density at radius 2 is 1.32 bits per heavy atom. The number of likely N-dealkylation sites (N-methyl/N-ethyl adjacent to an activating group) is 2. The number of rotatable bonds is 7. The van der Waals surface area contributed by atoms with Crippen molar-refractivity contribution in [3.63, 3.8) is 0 Å². The Morgan fingerprint density at radius 1 is 0.842 bits per heavy atom. The smallest absolute Gasteiger partial charge is 0.155 e. The normalized spacial score (nSPS) is 13.0. The van der Waals surface area contributed by atoms with Crippen molar-refractivity contribution in [2.45, 2.75) is 12.7 Å². The highest BCUT2D eigenvalue weighted by molar-refractivity contribution is 5.13. The first-order chi connectivity index (χ1) is 8.66. The Labute approximate surface area is 118 Å². The van der Waals surface area contributed by atoms with Crippen LogP contribution in [-0.4, -0.2) is 70.4 Å². The van der Waals surface area contributed by atoms with Crippen LogP contribution in [0.1, 0.15) is 5.56 Å². The van der Waals surface area contributed by atoms with E-state index in [-0.39, 0.29) is 6.10 Å². The van der Waals surface area contributed by atoms with Gasteiger partial charge >= 0.3 is 0 Å². The van der Waals surface area contributed by atoms with Crippen LogP contribution in [-0.2, 0) is 11.3 Å². The fraction of sp³-hybridized carbons (Fsp3) is 0.625. The molecule has 0 atom stereocenters. The minimum atomic E-state index is 0.278. The van der Waals surface area contributed by atoms with Gasteiger partial charge in [-0.1, -0.05) is 30.3 Å². The summed E-state index contributed by atoms with van der Waals surface area (Å²) in [7, 11) is 13.3. The van der Waals surface area contributed by atoms with E-state index < -0.39 is 0 Å². The highest BCUT2D eigenvalue weighted by Gasteiger charge is 2.24. The van der Waals surface area contributed by atoms with Crippen LogP contribution in [0.15, 0.2) is 30.3 Å². The number of nitrogens with zero attached hydrogens (tertiary/aromatic N) is 2. The second kappa shape index (κ2) is 6.51. The first-order valence-electron chi connectivity index (χ1n) is 6.92. The zero-order valence-corrected chi connectivity index (χ0v) is 13.4. The van der Waals surface area contributed by atoms with Crippen molar-refractivity contribution in [2.24, 2.45) is 0 Å². The molecule has 0 heterocycles. The number of ether oxygens (including phenoxy) is 1. The quantitative estimate of drug-likeness (QED) is 0.686. The lowest BCUT2D eigenvalue weighted by atomic mass is 10.2. The van der Waals surface area contributed by atoms with Crippen molar-refractivity contribution in [3.8, 4) is 0 Å². The van der Waals surface area contributed by atoms with Crippen molar-refractivity contribution >= 4 is 0 Å². The maximum Gasteiger partial charge on any atom is 0.155 e. The minimum absolute atomic E-state index is 0.278. The van der Waals surface area contributed by atoms with Gasteiger partial charge in [0.15, 0.2) is 6.10 Å². The molecule has 0 saturated carbocycles. The molecule has 0 unspecified atom stereocenters. The highest BCUT2D eigenvalue weighted by atomic mass is 16.5. The Morgan fingerprint density at radius 3 is 1.74 bits per heavy atom. The molecular weight excluding hydrogens is 236 g/mol. The largest absolute Gasteiger partial charge is 0.362 e. The van der Waals surface area contributed by atoms with Crippen LogP contribution in [0.2, 0.25) is 0 Å². The fourth-order valence-corrected chi connectivity index (χ4v) is 2.17. The summed E-state index contributed by atoms with van der Waals surface area (Å²) in [5.74, 6) is 0. The molecule has 0 amide bonds. The van der Waals surface area contributed by atoms with Crippen molar-refractivity contribution in [3.05, 3.63) is 35.9 Å². The molecule has 0 aliphatic rings. The third-order valence-corrected chi connectivity index (χ3v) is 2.83. The van der Waals surface area contributed by atoms with Crippen LogP contribution < -0.4 is 0 Å². The predicted octanol–water partition coefficient (Wildman–Crippen LogP) is 1.98. The Balaban J connectivity index is 2.59. The van der Waals surface area contributed by atoms with Gasteiger partial charge in [-0.15, -0.1) is 0 Å². The van der Waals surface area contributed by atoms with Crippen LogP contribution >= 0.6 is 0 Å². The van der Waals surface area contributed by atoms with E-state index in [4.69, 9.17) is 4.74 Å². The third-order valence-electron chi connectivity index (χ3n) is 2.83. The number of benzene rings is 1. The first kappa shape index (κ1) is 16.2. The van der Waals surface area contributed by atoms with E-state index >= 15 is 0 Å². The van der Waals surface area contributed by atoms with Crippen molar-refractivity contribution in [1.29, 1.82) is 0 Å². The van der Waals surface area contributed by atoms with Gasteiger partial charge in [0.05, 0.1) is 48.9 Å². The molecule has 0 saturated heterocycles. The lowest BCUT2D eigenvalue weighted by Crippen LogP contribution is -2.50. The van der Waals surface area contributed by atoms with Crippen LogP contribution in [0, 0.1) is 0 Å². The molecule has 0 spiro atoms. The average molecular weight is 266 g/mol. The zero-order valence-electron chi connectivity index (χ0n) is 13.4. The van der Waals surface area contributed by atoms with Crippen molar-refractivity contribution < 1.29 is 13.7 Å². The average Bonchev–Trinajstić information content (AvgIpc) is 2.23. The molecule has 1 aromatic carbocycles. The Kier molecular flexibility index (Phi) is 5.53. The van der Waals surface area contributed by atoms with Gasteiger partial charge < -0.3 is 13.7 Å². The van der Waals surface area contributed by atoms with Crippen molar-refractivity contribution in [2.75, 3.05) is 55.4 Å². The van der Waals surface area contributed by atoms with E-state index in [1.54, 1.807) is 0 Å². The molecule has 0 aromatic heterocycles. The Bertz CT molecular complexity index is 347. The zero-order chi connectivity index (χ0) is 14.5. The predicted molar refractivity (Wildman–Crippen MR) is 80.8 cm³/mol. The molecule has 0 aliphatic carbocycles. The first-order valence-corrected chi connectivity index (χ1v) is 6.92. The molecule has 0 fully saturated rings. The van der Waals surface area contributed by atoms with E-state index in [1.807, 2.05) is 6.07 Å². The van der Waals surface area contributed by atoms with Gasteiger partial charge in [0.1, 0.15) is 13.1 Å². The third kappa shape index (κ3) is 7.98. The van der Waals surface area contributed by atoms with Gasteiger partial charge in [-0.3, -0.25) is 0 Å². The fourth-order valence-electron chi connectivity index (χ4n) is 2.17. The standard InChI is InChI=1S/C16H30N2O/c1-17(2,3)12-16(13-18(4,5)6)19-14-15-10-8-7-9-11-15/h7-11,16H,12-14H2,1-6H3/q+2. The summed E-state index contributed by atoms with van der Waals surface area (Å²) in [4.78, 5) is 0. The maximum absolute atomic E-state index is 6.15. The summed E-state index contributed by atoms with van der Waals surface area (Å²) in [6.45, 7) is 2.76. The molecule has 3 heteroatoms. The highest BCUT2D eigenvalue weighted by Crippen LogP contribution is 2.09. The molecule has 0 radical (unpaired) electrons. The molecule has 19 heavy (non-hydrogen) atoms. The minimum Gasteiger partial charge on any atom is -0.362 e. The van der Waals surface area contributed by atoms with Crippen LogP contribution in [0.3, 0.4) is 0 Å². The van der Waals surface area contributed by atoms with Gasteiger partial charge in [-0.05, 0) is 5.56 Å². The van der Waals surface area contributed by atoms with Gasteiger partial charge in [0, 0.05) is 0 Å². The van der Waals surface area contributed by atoms with Crippen LogP contribution in [0.4, 0.5) is 0 Å². The summed E-state index contributed by atoms with van der Waals surface area (Å²) in [5.41, 5.74) is 1.25. The van der Waals surface area contributed by atoms with Gasteiger partial charge in [0.2, 0.25) is 0 Å². The molecule has 108 valence electrons. The molecule has 1 rings (SSSR count). The number of hydrogen-bond acceptors (Lipinski definition) is 1. The molecular formula is C16H30N2O+2. The lowest BCUT2D eigenvalue weighted by Gasteiger charge is -2.33. The van der Waals surface area contributed by atoms with Crippen LogP contribution in [0.5, 0.6) is 0 Å². The van der Waals surface area contributed by atoms with Crippen molar-refractivity contribution in [1.82, 2.24) is 0 Å². The number of quaternary nitrogens is 2. The maximum atomic E-state index is 6.15. The van der Waals surface area contributed by atoms with Gasteiger partial charge in [-0.2, -0.15) is 0 Å². The van der Waals surface area contributed by atoms with E-state index in [0.717, 1.165) is 22.1 Å². The van der Waals surface area contributed by atoms with E-state index in [1.165, 1.54) is 5.56 Å². The van der Waals surface area contributed by atoms with Gasteiger partial charge in [-0.25, -0.2) is 0 Å². The molecule has 3 nitrogen and oxygen atoms in total. The second-order valence-corrected chi connectivity index (χ2v) is 7.36. The number of hydrogen-bond donors (Lipinski definition) is 0. The SMILES string of the molecule is C[N+](C)(C)CC(C[N+](C)(C)C)OCc1ccccc1. The molecule has 0 aliphatic heterocycles. The summed E-state index contributed by atoms with van der Waals surface area (Å²) in [5, 5.41) is 0. The monoisotopic (exact) mass is 266 g/mol. The van der Waals surface area contributed by atoms with E-state index in [0.29, 0.717) is 6.61 Å². The summed E-state index contributed by atoms with van der Waals surface area (Å²) >= 11 is 0. The molecule has 0 N–H and O–H groups in total. The second-order valence-electron chi connectivity index (χ2n) is 7.36. The van der Waals surface area contributed by atoms with E-state index in [9.17, 15) is 0 Å². The molecule has 1 aromatic rings. The summed E-state index contributed by atoms with van der Waals surface area (Å²) in [6, 6.07) is 10.4.